The highest BCUT2D eigenvalue weighted by atomic mass is 16.6. The highest BCUT2D eigenvalue weighted by Gasteiger charge is 2.19. The maximum absolute atomic E-state index is 12.7. The molecule has 6 heteroatoms. The van der Waals surface area contributed by atoms with Crippen LogP contribution < -0.4 is 0 Å². The van der Waals surface area contributed by atoms with Crippen LogP contribution in [0.3, 0.4) is 0 Å². The number of esters is 3. The van der Waals surface area contributed by atoms with E-state index >= 15 is 0 Å². The molecular weight excluding hydrogens is 673 g/mol. The van der Waals surface area contributed by atoms with E-state index in [2.05, 4.69) is 27.7 Å². The van der Waals surface area contributed by atoms with Crippen molar-refractivity contribution in [2.45, 2.75) is 271 Å². The van der Waals surface area contributed by atoms with E-state index in [4.69, 9.17) is 14.2 Å². The van der Waals surface area contributed by atoms with Gasteiger partial charge in [-0.25, -0.2) is 0 Å². The molecule has 0 amide bonds. The maximum atomic E-state index is 12.7. The lowest BCUT2D eigenvalue weighted by Gasteiger charge is -2.18. The van der Waals surface area contributed by atoms with Gasteiger partial charge in [-0.15, -0.1) is 0 Å². The van der Waals surface area contributed by atoms with Crippen LogP contribution in [0.2, 0.25) is 0 Å². The first-order valence-corrected chi connectivity index (χ1v) is 23.9. The van der Waals surface area contributed by atoms with Gasteiger partial charge in [0, 0.05) is 19.3 Å². The van der Waals surface area contributed by atoms with Gasteiger partial charge in [-0.05, 0) is 25.2 Å². The van der Waals surface area contributed by atoms with Crippen molar-refractivity contribution in [1.82, 2.24) is 0 Å². The second-order valence-corrected chi connectivity index (χ2v) is 16.9. The van der Waals surface area contributed by atoms with Crippen LogP contribution >= 0.6 is 0 Å². The smallest absolute Gasteiger partial charge is 0.306 e. The first-order valence-electron chi connectivity index (χ1n) is 23.9. The topological polar surface area (TPSA) is 78.9 Å². The largest absolute Gasteiger partial charge is 0.462 e. The number of unbranched alkanes of at least 4 members (excludes halogenated alkanes) is 30. The molecular formula is C48H92O6. The van der Waals surface area contributed by atoms with Crippen LogP contribution in [-0.4, -0.2) is 37.2 Å². The van der Waals surface area contributed by atoms with E-state index in [1.807, 2.05) is 0 Å². The summed E-state index contributed by atoms with van der Waals surface area (Å²) < 4.78 is 16.7. The Morgan fingerprint density at radius 1 is 0.352 bits per heavy atom. The first-order chi connectivity index (χ1) is 26.4. The number of ether oxygens (including phenoxy) is 3. The maximum Gasteiger partial charge on any atom is 0.306 e. The van der Waals surface area contributed by atoms with Crippen molar-refractivity contribution in [1.29, 1.82) is 0 Å². The van der Waals surface area contributed by atoms with Crippen LogP contribution in [0.15, 0.2) is 0 Å². The molecule has 0 saturated heterocycles. The second kappa shape index (κ2) is 42.6. The average Bonchev–Trinajstić information content (AvgIpc) is 3.15. The van der Waals surface area contributed by atoms with Crippen LogP contribution in [0.1, 0.15) is 265 Å². The predicted molar refractivity (Wildman–Crippen MR) is 229 cm³/mol. The lowest BCUT2D eigenvalue weighted by Crippen LogP contribution is -2.30. The van der Waals surface area contributed by atoms with Gasteiger partial charge in [0.15, 0.2) is 6.10 Å². The third-order valence-electron chi connectivity index (χ3n) is 10.8. The minimum atomic E-state index is -0.759. The summed E-state index contributed by atoms with van der Waals surface area (Å²) in [5.74, 6) is -0.0496. The molecule has 0 heterocycles. The van der Waals surface area contributed by atoms with Gasteiger partial charge in [0.25, 0.3) is 0 Å². The third kappa shape index (κ3) is 41.6. The molecule has 0 bridgehead atoms. The molecule has 0 aromatic carbocycles. The van der Waals surface area contributed by atoms with E-state index < -0.39 is 6.10 Å². The molecule has 0 rings (SSSR count). The Balaban J connectivity index is 4.22. The third-order valence-corrected chi connectivity index (χ3v) is 10.8. The zero-order chi connectivity index (χ0) is 39.6. The molecule has 1 atom stereocenters. The van der Waals surface area contributed by atoms with Crippen molar-refractivity contribution in [2.75, 3.05) is 13.2 Å². The van der Waals surface area contributed by atoms with Gasteiger partial charge in [-0.2, -0.15) is 0 Å². The number of carbonyl (C=O) groups excluding carboxylic acids is 3. The van der Waals surface area contributed by atoms with E-state index in [9.17, 15) is 14.4 Å². The van der Waals surface area contributed by atoms with E-state index in [0.717, 1.165) is 63.7 Å². The number of hydrogen-bond acceptors (Lipinski definition) is 6. The first kappa shape index (κ1) is 52.4. The van der Waals surface area contributed by atoms with Crippen LogP contribution in [0, 0.1) is 5.92 Å². The second-order valence-electron chi connectivity index (χ2n) is 16.9. The Hall–Kier alpha value is -1.59. The Morgan fingerprint density at radius 2 is 0.611 bits per heavy atom. The molecule has 0 N–H and O–H groups in total. The Morgan fingerprint density at radius 3 is 0.907 bits per heavy atom. The summed E-state index contributed by atoms with van der Waals surface area (Å²) in [6.45, 7) is 8.95. The van der Waals surface area contributed by atoms with E-state index in [0.29, 0.717) is 19.3 Å². The molecule has 6 nitrogen and oxygen atoms in total. The van der Waals surface area contributed by atoms with Crippen molar-refractivity contribution >= 4 is 17.9 Å². The van der Waals surface area contributed by atoms with Gasteiger partial charge in [0.05, 0.1) is 0 Å². The van der Waals surface area contributed by atoms with E-state index in [1.54, 1.807) is 0 Å². The predicted octanol–water partition coefficient (Wildman–Crippen LogP) is 15.1. The number of carbonyl (C=O) groups is 3. The quantitative estimate of drug-likeness (QED) is 0.0349. The molecule has 320 valence electrons. The number of hydrogen-bond donors (Lipinski definition) is 0. The molecule has 0 saturated carbocycles. The van der Waals surface area contributed by atoms with Crippen LogP contribution in [-0.2, 0) is 28.6 Å². The van der Waals surface area contributed by atoms with Gasteiger partial charge < -0.3 is 14.2 Å². The molecule has 0 aliphatic carbocycles. The van der Waals surface area contributed by atoms with Crippen molar-refractivity contribution in [3.8, 4) is 0 Å². The molecule has 0 radical (unpaired) electrons. The zero-order valence-electron chi connectivity index (χ0n) is 36.7. The van der Waals surface area contributed by atoms with Crippen molar-refractivity contribution < 1.29 is 28.6 Å². The summed E-state index contributed by atoms with van der Waals surface area (Å²) in [5.41, 5.74) is 0. The van der Waals surface area contributed by atoms with Crippen molar-refractivity contribution in [2.24, 2.45) is 5.92 Å². The Kier molecular flexibility index (Phi) is 41.3. The molecule has 0 aliphatic rings. The fourth-order valence-corrected chi connectivity index (χ4v) is 7.16. The monoisotopic (exact) mass is 765 g/mol. The lowest BCUT2D eigenvalue weighted by atomic mass is 10.0. The molecule has 54 heavy (non-hydrogen) atoms. The number of rotatable bonds is 43. The fourth-order valence-electron chi connectivity index (χ4n) is 7.16. The van der Waals surface area contributed by atoms with Crippen LogP contribution in [0.4, 0.5) is 0 Å². The molecule has 0 unspecified atom stereocenters. The van der Waals surface area contributed by atoms with Gasteiger partial charge in [-0.1, -0.05) is 227 Å². The Bertz CT molecular complexity index is 811. The summed E-state index contributed by atoms with van der Waals surface area (Å²) in [6, 6.07) is 0. The summed E-state index contributed by atoms with van der Waals surface area (Å²) in [7, 11) is 0. The molecule has 0 fully saturated rings. The van der Waals surface area contributed by atoms with Gasteiger partial charge in [0.1, 0.15) is 13.2 Å². The van der Waals surface area contributed by atoms with E-state index in [-0.39, 0.29) is 31.1 Å². The highest BCUT2D eigenvalue weighted by Crippen LogP contribution is 2.16. The summed E-state index contributed by atoms with van der Waals surface area (Å²) >= 11 is 0. The normalized spacial score (nSPS) is 11.9. The van der Waals surface area contributed by atoms with Gasteiger partial charge in [-0.3, -0.25) is 14.4 Å². The minimum absolute atomic E-state index is 0.0643. The van der Waals surface area contributed by atoms with Gasteiger partial charge in [0.2, 0.25) is 0 Å². The Labute approximate surface area is 336 Å². The van der Waals surface area contributed by atoms with Crippen LogP contribution in [0.5, 0.6) is 0 Å². The fraction of sp³-hybridized carbons (Fsp3) is 0.938. The average molecular weight is 765 g/mol. The lowest BCUT2D eigenvalue weighted by molar-refractivity contribution is -0.167. The van der Waals surface area contributed by atoms with Crippen molar-refractivity contribution in [3.05, 3.63) is 0 Å². The standard InChI is InChI=1S/C48H92O6/c1-5-7-9-11-13-14-15-16-17-18-19-20-21-24-29-33-37-41-48(51)54-45(42-52-46(49)39-35-31-26-12-10-8-6-2)43-53-47(50)40-36-32-28-25-22-23-27-30-34-38-44(3)4/h44-45H,5-43H2,1-4H3/t45-/m0/s1. The summed E-state index contributed by atoms with van der Waals surface area (Å²) in [5, 5.41) is 0. The van der Waals surface area contributed by atoms with Crippen molar-refractivity contribution in [3.63, 3.8) is 0 Å². The SMILES string of the molecule is CCCCCCCCCCCCCCCCCCCC(=O)O[C@@H](COC(=O)CCCCCCCCC)COC(=O)CCCCCCCCCCCC(C)C. The molecule has 0 aromatic rings. The highest BCUT2D eigenvalue weighted by molar-refractivity contribution is 5.71. The minimum Gasteiger partial charge on any atom is -0.462 e. The molecule has 0 aliphatic heterocycles. The summed E-state index contributed by atoms with van der Waals surface area (Å²) in [6.07, 6.45) is 42.4. The van der Waals surface area contributed by atoms with E-state index in [1.165, 1.54) is 161 Å². The zero-order valence-corrected chi connectivity index (χ0v) is 36.7. The molecule has 0 spiro atoms. The van der Waals surface area contributed by atoms with Gasteiger partial charge >= 0.3 is 17.9 Å². The molecule has 0 aromatic heterocycles. The van der Waals surface area contributed by atoms with Crippen LogP contribution in [0.25, 0.3) is 0 Å². The summed E-state index contributed by atoms with van der Waals surface area (Å²) in [4.78, 5) is 37.6.